The molecule has 0 bridgehead atoms. The van der Waals surface area contributed by atoms with Crippen molar-refractivity contribution in [2.24, 2.45) is 0 Å². The quantitative estimate of drug-likeness (QED) is 0.638. The van der Waals surface area contributed by atoms with Crippen LogP contribution in [0.2, 0.25) is 0 Å². The normalized spacial score (nSPS) is 16.3. The van der Waals surface area contributed by atoms with Crippen molar-refractivity contribution < 1.29 is 18.4 Å². The summed E-state index contributed by atoms with van der Waals surface area (Å²) >= 11 is 0. The molecule has 0 spiro atoms. The van der Waals surface area contributed by atoms with E-state index in [1.807, 2.05) is 19.1 Å². The summed E-state index contributed by atoms with van der Waals surface area (Å²) in [5.74, 6) is 1.19. The predicted octanol–water partition coefficient (Wildman–Crippen LogP) is 5.03. The second-order valence-corrected chi connectivity index (χ2v) is 7.06. The van der Waals surface area contributed by atoms with Crippen molar-refractivity contribution >= 4 is 11.7 Å². The number of nitrogens with zero attached hydrogens (tertiary/aromatic N) is 3. The number of benzene rings is 2. The van der Waals surface area contributed by atoms with E-state index < -0.39 is 0 Å². The minimum Gasteiger partial charge on any atom is -0.494 e. The molecular weight excluding hydrogens is 387 g/mol. The topological polar surface area (TPSA) is 80.5 Å². The number of anilines is 1. The largest absolute Gasteiger partial charge is 0.494 e. The number of amides is 2. The Balaban J connectivity index is 1.48. The fourth-order valence-electron chi connectivity index (χ4n) is 3.51. The minimum atomic E-state index is -0.327. The molecule has 1 fully saturated rings. The molecule has 30 heavy (non-hydrogen) atoms. The number of hydrogen-bond donors (Lipinski definition) is 1. The number of aromatic nitrogens is 2. The second-order valence-electron chi connectivity index (χ2n) is 7.06. The highest BCUT2D eigenvalue weighted by Gasteiger charge is 2.32. The van der Waals surface area contributed by atoms with Crippen molar-refractivity contribution in [2.75, 3.05) is 18.5 Å². The second kappa shape index (κ2) is 8.94. The third-order valence-electron chi connectivity index (χ3n) is 5.01. The first-order chi connectivity index (χ1) is 14.6. The molecule has 1 aliphatic rings. The van der Waals surface area contributed by atoms with Crippen LogP contribution in [-0.4, -0.2) is 34.2 Å². The van der Waals surface area contributed by atoms with E-state index in [-0.39, 0.29) is 17.9 Å². The number of hydrogen-bond acceptors (Lipinski definition) is 5. The first kappa shape index (κ1) is 19.9. The SMILES string of the molecule is CCOc1ccc(NC(=O)N2CCCCC2c2nc(-c3ccc(F)cc3)no2)cc1. The molecule has 0 aliphatic carbocycles. The zero-order chi connectivity index (χ0) is 20.9. The monoisotopic (exact) mass is 410 g/mol. The fraction of sp³-hybridized carbons (Fsp3) is 0.318. The first-order valence-electron chi connectivity index (χ1n) is 10.0. The Morgan fingerprint density at radius 2 is 1.97 bits per heavy atom. The zero-order valence-electron chi connectivity index (χ0n) is 16.7. The Labute approximate surface area is 173 Å². The summed E-state index contributed by atoms with van der Waals surface area (Å²) in [5.41, 5.74) is 1.35. The average Bonchev–Trinajstić information content (AvgIpc) is 3.26. The molecular formula is C22H23FN4O3. The van der Waals surface area contributed by atoms with Gasteiger partial charge in [0.25, 0.3) is 0 Å². The van der Waals surface area contributed by atoms with Gasteiger partial charge >= 0.3 is 6.03 Å². The summed E-state index contributed by atoms with van der Waals surface area (Å²) < 4.78 is 24.1. The minimum absolute atomic E-state index is 0.217. The molecule has 2 heterocycles. The molecule has 1 aliphatic heterocycles. The fourth-order valence-corrected chi connectivity index (χ4v) is 3.51. The van der Waals surface area contributed by atoms with Crippen LogP contribution < -0.4 is 10.1 Å². The zero-order valence-corrected chi connectivity index (χ0v) is 16.7. The van der Waals surface area contributed by atoms with Crippen LogP contribution >= 0.6 is 0 Å². The lowest BCUT2D eigenvalue weighted by Gasteiger charge is -2.33. The lowest BCUT2D eigenvalue weighted by molar-refractivity contribution is 0.142. The van der Waals surface area contributed by atoms with Gasteiger partial charge in [0, 0.05) is 17.8 Å². The molecule has 1 N–H and O–H groups in total. The van der Waals surface area contributed by atoms with E-state index in [1.165, 1.54) is 12.1 Å². The summed E-state index contributed by atoms with van der Waals surface area (Å²) in [6, 6.07) is 12.6. The Kier molecular flexibility index (Phi) is 5.92. The van der Waals surface area contributed by atoms with Crippen molar-refractivity contribution in [3.63, 3.8) is 0 Å². The molecule has 0 radical (unpaired) electrons. The van der Waals surface area contributed by atoms with Crippen molar-refractivity contribution in [1.82, 2.24) is 15.0 Å². The first-order valence-corrected chi connectivity index (χ1v) is 10.0. The summed E-state index contributed by atoms with van der Waals surface area (Å²) in [6.07, 6.45) is 2.61. The molecule has 2 amide bonds. The van der Waals surface area contributed by atoms with Gasteiger partial charge < -0.3 is 19.5 Å². The Hall–Kier alpha value is -3.42. The van der Waals surface area contributed by atoms with E-state index in [9.17, 15) is 9.18 Å². The molecule has 1 unspecified atom stereocenters. The number of halogens is 1. The van der Waals surface area contributed by atoms with Crippen LogP contribution in [0.3, 0.4) is 0 Å². The van der Waals surface area contributed by atoms with Crippen LogP contribution in [0.15, 0.2) is 53.1 Å². The van der Waals surface area contributed by atoms with Crippen LogP contribution in [0.4, 0.5) is 14.9 Å². The van der Waals surface area contributed by atoms with Crippen LogP contribution in [0.25, 0.3) is 11.4 Å². The van der Waals surface area contributed by atoms with Crippen molar-refractivity contribution in [2.45, 2.75) is 32.2 Å². The predicted molar refractivity (Wildman–Crippen MR) is 110 cm³/mol. The Morgan fingerprint density at radius 1 is 1.20 bits per heavy atom. The molecule has 4 rings (SSSR count). The van der Waals surface area contributed by atoms with Gasteiger partial charge in [-0.25, -0.2) is 9.18 Å². The number of piperidine rings is 1. The Bertz CT molecular complexity index is 988. The highest BCUT2D eigenvalue weighted by atomic mass is 19.1. The van der Waals surface area contributed by atoms with E-state index in [4.69, 9.17) is 9.26 Å². The smallest absolute Gasteiger partial charge is 0.322 e. The third kappa shape index (κ3) is 4.42. The highest BCUT2D eigenvalue weighted by molar-refractivity contribution is 5.89. The maximum absolute atomic E-state index is 13.2. The van der Waals surface area contributed by atoms with Gasteiger partial charge in [0.15, 0.2) is 0 Å². The van der Waals surface area contributed by atoms with Gasteiger partial charge in [-0.15, -0.1) is 0 Å². The van der Waals surface area contributed by atoms with Gasteiger partial charge in [-0.3, -0.25) is 0 Å². The van der Waals surface area contributed by atoms with Gasteiger partial charge in [-0.05, 0) is 74.7 Å². The van der Waals surface area contributed by atoms with Gasteiger partial charge in [0.2, 0.25) is 11.7 Å². The number of nitrogens with one attached hydrogen (secondary N) is 1. The van der Waals surface area contributed by atoms with E-state index in [0.29, 0.717) is 36.1 Å². The van der Waals surface area contributed by atoms with Crippen LogP contribution in [0.5, 0.6) is 5.75 Å². The number of urea groups is 1. The van der Waals surface area contributed by atoms with Crippen molar-refractivity contribution in [1.29, 1.82) is 0 Å². The van der Waals surface area contributed by atoms with Gasteiger partial charge in [-0.1, -0.05) is 5.16 Å². The van der Waals surface area contributed by atoms with E-state index >= 15 is 0 Å². The summed E-state index contributed by atoms with van der Waals surface area (Å²) in [7, 11) is 0. The number of ether oxygens (including phenoxy) is 1. The lowest BCUT2D eigenvalue weighted by atomic mass is 10.0. The summed E-state index contributed by atoms with van der Waals surface area (Å²) in [6.45, 7) is 3.11. The van der Waals surface area contributed by atoms with E-state index in [0.717, 1.165) is 25.0 Å². The molecule has 0 saturated carbocycles. The summed E-state index contributed by atoms with van der Waals surface area (Å²) in [4.78, 5) is 19.1. The highest BCUT2D eigenvalue weighted by Crippen LogP contribution is 2.32. The average molecular weight is 410 g/mol. The number of carbonyl (C=O) groups excluding carboxylic acids is 1. The molecule has 7 nitrogen and oxygen atoms in total. The third-order valence-corrected chi connectivity index (χ3v) is 5.01. The van der Waals surface area contributed by atoms with E-state index in [1.54, 1.807) is 29.2 Å². The number of rotatable bonds is 5. The Morgan fingerprint density at radius 3 is 2.70 bits per heavy atom. The number of likely N-dealkylation sites (tertiary alicyclic amines) is 1. The molecule has 156 valence electrons. The molecule has 1 atom stereocenters. The van der Waals surface area contributed by atoms with Crippen LogP contribution in [-0.2, 0) is 0 Å². The lowest BCUT2D eigenvalue weighted by Crippen LogP contribution is -2.41. The van der Waals surface area contributed by atoms with Gasteiger partial charge in [0.1, 0.15) is 17.6 Å². The molecule has 2 aromatic carbocycles. The summed E-state index contributed by atoms with van der Waals surface area (Å²) in [5, 5.41) is 6.94. The standard InChI is InChI=1S/C22H23FN4O3/c1-2-29-18-12-10-17(11-13-18)24-22(28)27-14-4-3-5-19(27)21-25-20(26-30-21)15-6-8-16(23)9-7-15/h6-13,19H,2-5,14H2,1H3,(H,24,28). The van der Waals surface area contributed by atoms with Gasteiger partial charge in [0.05, 0.1) is 6.61 Å². The molecule has 1 aromatic heterocycles. The van der Waals surface area contributed by atoms with Crippen LogP contribution in [0, 0.1) is 5.82 Å². The van der Waals surface area contributed by atoms with Crippen LogP contribution in [0.1, 0.15) is 38.1 Å². The van der Waals surface area contributed by atoms with E-state index in [2.05, 4.69) is 15.5 Å². The molecule has 3 aromatic rings. The van der Waals surface area contributed by atoms with Crippen molar-refractivity contribution in [3.05, 3.63) is 60.2 Å². The number of carbonyl (C=O) groups is 1. The van der Waals surface area contributed by atoms with Crippen molar-refractivity contribution in [3.8, 4) is 17.1 Å². The maximum atomic E-state index is 13.2. The van der Waals surface area contributed by atoms with Gasteiger partial charge in [-0.2, -0.15) is 4.98 Å². The molecule has 1 saturated heterocycles. The molecule has 8 heteroatoms. The maximum Gasteiger partial charge on any atom is 0.322 e.